The fourth-order valence-electron chi connectivity index (χ4n) is 3.67. The van der Waals surface area contributed by atoms with Crippen molar-refractivity contribution in [3.05, 3.63) is 77.1 Å². The van der Waals surface area contributed by atoms with Gasteiger partial charge in [-0.05, 0) is 43.2 Å². The summed E-state index contributed by atoms with van der Waals surface area (Å²) >= 11 is 0. The van der Waals surface area contributed by atoms with Crippen LogP contribution in [0.25, 0.3) is 0 Å². The van der Waals surface area contributed by atoms with Crippen molar-refractivity contribution >= 4 is 27.1 Å². The molecule has 1 fully saturated rings. The van der Waals surface area contributed by atoms with E-state index >= 15 is 0 Å². The number of para-hydroxylation sites is 1. The Morgan fingerprint density at radius 1 is 1.07 bits per heavy atom. The Morgan fingerprint density at radius 3 is 2.43 bits per heavy atom. The lowest BCUT2D eigenvalue weighted by Gasteiger charge is -2.33. The van der Waals surface area contributed by atoms with Crippen LogP contribution in [0, 0.1) is 10.1 Å². The second-order valence-electron chi connectivity index (χ2n) is 7.08. The Kier molecular flexibility index (Phi) is 5.40. The van der Waals surface area contributed by atoms with Gasteiger partial charge in [-0.15, -0.1) is 0 Å². The first-order valence-electron chi connectivity index (χ1n) is 9.54. The highest BCUT2D eigenvalue weighted by Crippen LogP contribution is 2.34. The van der Waals surface area contributed by atoms with E-state index in [1.54, 1.807) is 36.5 Å². The molecule has 0 unspecified atom stereocenters. The molecule has 1 aliphatic heterocycles. The van der Waals surface area contributed by atoms with Crippen LogP contribution in [0.15, 0.2) is 71.9 Å². The molecule has 0 saturated carbocycles. The van der Waals surface area contributed by atoms with Crippen LogP contribution < -0.4 is 9.62 Å². The van der Waals surface area contributed by atoms with Crippen LogP contribution in [0.2, 0.25) is 0 Å². The summed E-state index contributed by atoms with van der Waals surface area (Å²) < 4.78 is 29.7. The quantitative estimate of drug-likeness (QED) is 0.477. The van der Waals surface area contributed by atoms with Crippen molar-refractivity contribution in [3.63, 3.8) is 0 Å². The molecule has 1 saturated heterocycles. The Labute approximate surface area is 174 Å². The number of hydrogen-bond acceptors (Lipinski definition) is 6. The van der Waals surface area contributed by atoms with Crippen LogP contribution in [-0.4, -0.2) is 36.2 Å². The van der Waals surface area contributed by atoms with E-state index in [4.69, 9.17) is 0 Å². The van der Waals surface area contributed by atoms with E-state index in [0.29, 0.717) is 24.5 Å². The van der Waals surface area contributed by atoms with Gasteiger partial charge in [-0.1, -0.05) is 18.2 Å². The number of aromatic nitrogens is 2. The van der Waals surface area contributed by atoms with Crippen molar-refractivity contribution in [2.24, 2.45) is 0 Å². The summed E-state index contributed by atoms with van der Waals surface area (Å²) in [5.74, 6) is 0. The van der Waals surface area contributed by atoms with E-state index in [0.717, 1.165) is 18.9 Å². The van der Waals surface area contributed by atoms with Gasteiger partial charge < -0.3 is 4.90 Å². The summed E-state index contributed by atoms with van der Waals surface area (Å²) in [5.41, 5.74) is 0.603. The number of hydrogen-bond donors (Lipinski definition) is 1. The molecule has 0 bridgehead atoms. The molecule has 9 nitrogen and oxygen atoms in total. The lowest BCUT2D eigenvalue weighted by molar-refractivity contribution is -0.384. The molecule has 1 aliphatic rings. The van der Waals surface area contributed by atoms with E-state index in [9.17, 15) is 18.5 Å². The topological polar surface area (TPSA) is 110 Å². The van der Waals surface area contributed by atoms with Crippen LogP contribution in [0.3, 0.4) is 0 Å². The SMILES string of the molecule is O=[N+]([O-])c1cc(S(=O)(=O)Nc2ccccc2)ccc1N1CCC(n2cccn2)CC1. The molecule has 1 aromatic heterocycles. The van der Waals surface area contributed by atoms with Gasteiger partial charge >= 0.3 is 0 Å². The largest absolute Gasteiger partial charge is 0.366 e. The monoisotopic (exact) mass is 427 g/mol. The number of nitrogens with zero attached hydrogens (tertiary/aromatic N) is 4. The van der Waals surface area contributed by atoms with Gasteiger partial charge in [-0.3, -0.25) is 19.5 Å². The zero-order valence-corrected chi connectivity index (χ0v) is 16.9. The molecule has 0 atom stereocenters. The number of nitrogens with one attached hydrogen (secondary N) is 1. The number of anilines is 2. The molecule has 2 aromatic carbocycles. The predicted molar refractivity (Wildman–Crippen MR) is 113 cm³/mol. The third kappa shape index (κ3) is 4.13. The molecule has 156 valence electrons. The van der Waals surface area contributed by atoms with Gasteiger partial charge in [0.25, 0.3) is 15.7 Å². The van der Waals surface area contributed by atoms with Crippen molar-refractivity contribution in [1.29, 1.82) is 0 Å². The average Bonchev–Trinajstić information content (AvgIpc) is 3.29. The third-order valence-electron chi connectivity index (χ3n) is 5.18. The van der Waals surface area contributed by atoms with Crippen molar-refractivity contribution in [2.75, 3.05) is 22.7 Å². The Bertz CT molecular complexity index is 1130. The Balaban J connectivity index is 1.56. The second-order valence-corrected chi connectivity index (χ2v) is 8.77. The highest BCUT2D eigenvalue weighted by Gasteiger charge is 2.28. The van der Waals surface area contributed by atoms with Crippen LogP contribution in [0.1, 0.15) is 18.9 Å². The zero-order valence-electron chi connectivity index (χ0n) is 16.1. The lowest BCUT2D eigenvalue weighted by atomic mass is 10.0. The maximum absolute atomic E-state index is 12.7. The zero-order chi connectivity index (χ0) is 21.1. The Morgan fingerprint density at radius 2 is 1.80 bits per heavy atom. The smallest absolute Gasteiger partial charge is 0.293 e. The number of sulfonamides is 1. The number of nitro groups is 1. The second kappa shape index (κ2) is 8.15. The molecule has 2 heterocycles. The number of rotatable bonds is 6. The van der Waals surface area contributed by atoms with Crippen LogP contribution in [0.5, 0.6) is 0 Å². The fourth-order valence-corrected chi connectivity index (χ4v) is 4.75. The first kappa shape index (κ1) is 19.9. The van der Waals surface area contributed by atoms with Crippen molar-refractivity contribution in [3.8, 4) is 0 Å². The molecule has 0 aliphatic carbocycles. The number of piperidine rings is 1. The van der Waals surface area contributed by atoms with Gasteiger partial charge in [0.2, 0.25) is 0 Å². The molecule has 4 rings (SSSR count). The van der Waals surface area contributed by atoms with Gasteiger partial charge in [0.05, 0.1) is 15.9 Å². The van der Waals surface area contributed by atoms with Crippen molar-refractivity contribution in [2.45, 2.75) is 23.8 Å². The van der Waals surface area contributed by atoms with Crippen molar-refractivity contribution < 1.29 is 13.3 Å². The summed E-state index contributed by atoms with van der Waals surface area (Å²) in [4.78, 5) is 13.0. The van der Waals surface area contributed by atoms with E-state index in [1.807, 2.05) is 21.8 Å². The standard InChI is InChI=1S/C20H21N5O4S/c26-25(27)20-15-18(30(28,29)22-16-5-2-1-3-6-16)7-8-19(20)23-13-9-17(10-14-23)24-12-4-11-21-24/h1-8,11-12,15,17,22H,9-10,13-14H2. The summed E-state index contributed by atoms with van der Waals surface area (Å²) in [7, 11) is -3.94. The fraction of sp³-hybridized carbons (Fsp3) is 0.250. The van der Waals surface area contributed by atoms with Gasteiger partial charge in [0.15, 0.2) is 0 Å². The highest BCUT2D eigenvalue weighted by atomic mass is 32.2. The van der Waals surface area contributed by atoms with Crippen molar-refractivity contribution in [1.82, 2.24) is 9.78 Å². The number of benzene rings is 2. The molecule has 1 N–H and O–H groups in total. The maximum atomic E-state index is 12.7. The van der Waals surface area contributed by atoms with E-state index < -0.39 is 14.9 Å². The average molecular weight is 427 g/mol. The minimum Gasteiger partial charge on any atom is -0.366 e. The molecular formula is C20H21N5O4S. The molecule has 10 heteroatoms. The molecule has 0 amide bonds. The summed E-state index contributed by atoms with van der Waals surface area (Å²) in [5, 5.41) is 16.0. The minimum absolute atomic E-state index is 0.145. The van der Waals surface area contributed by atoms with Crippen LogP contribution in [0.4, 0.5) is 17.1 Å². The van der Waals surface area contributed by atoms with E-state index in [-0.39, 0.29) is 16.6 Å². The highest BCUT2D eigenvalue weighted by molar-refractivity contribution is 7.92. The first-order chi connectivity index (χ1) is 14.4. The number of nitro benzene ring substituents is 1. The van der Waals surface area contributed by atoms with E-state index in [1.165, 1.54) is 12.1 Å². The summed E-state index contributed by atoms with van der Waals surface area (Å²) in [6, 6.07) is 14.6. The molecule has 30 heavy (non-hydrogen) atoms. The molecule has 0 spiro atoms. The normalized spacial score (nSPS) is 15.1. The summed E-state index contributed by atoms with van der Waals surface area (Å²) in [6.45, 7) is 1.25. The van der Waals surface area contributed by atoms with Gasteiger partial charge in [0, 0.05) is 37.2 Å². The minimum atomic E-state index is -3.94. The van der Waals surface area contributed by atoms with Crippen LogP contribution in [-0.2, 0) is 10.0 Å². The Hall–Kier alpha value is -3.40. The van der Waals surface area contributed by atoms with Gasteiger partial charge in [-0.25, -0.2) is 8.42 Å². The molecule has 0 radical (unpaired) electrons. The predicted octanol–water partition coefficient (Wildman–Crippen LogP) is 3.43. The summed E-state index contributed by atoms with van der Waals surface area (Å²) in [6.07, 6.45) is 5.25. The third-order valence-corrected chi connectivity index (χ3v) is 6.56. The van der Waals surface area contributed by atoms with Gasteiger partial charge in [-0.2, -0.15) is 5.10 Å². The maximum Gasteiger partial charge on any atom is 0.293 e. The first-order valence-corrected chi connectivity index (χ1v) is 11.0. The lowest BCUT2D eigenvalue weighted by Crippen LogP contribution is -2.35. The van der Waals surface area contributed by atoms with Gasteiger partial charge in [0.1, 0.15) is 5.69 Å². The van der Waals surface area contributed by atoms with Crippen LogP contribution >= 0.6 is 0 Å². The molecular weight excluding hydrogens is 406 g/mol. The molecule has 3 aromatic rings. The van der Waals surface area contributed by atoms with E-state index in [2.05, 4.69) is 9.82 Å².